The number of aromatic nitrogens is 2. The summed E-state index contributed by atoms with van der Waals surface area (Å²) < 4.78 is 0. The number of pyridine rings is 2. The molecule has 9 rings (SSSR count). The zero-order valence-corrected chi connectivity index (χ0v) is 30.7. The minimum absolute atomic E-state index is 0.680. The third kappa shape index (κ3) is 7.00. The fourth-order valence-electron chi connectivity index (χ4n) is 7.50. The minimum Gasteiger partial charge on any atom is -0.256 e. The van der Waals surface area contributed by atoms with Crippen LogP contribution in [0.2, 0.25) is 5.02 Å². The van der Waals surface area contributed by atoms with Gasteiger partial charge in [-0.15, -0.1) is 0 Å². The Kier molecular flexibility index (Phi) is 9.40. The van der Waals surface area contributed by atoms with E-state index in [-0.39, 0.29) is 0 Å². The molecule has 2 heterocycles. The van der Waals surface area contributed by atoms with Crippen molar-refractivity contribution in [1.82, 2.24) is 9.97 Å². The van der Waals surface area contributed by atoms with E-state index in [9.17, 15) is 0 Å². The molecule has 0 radical (unpaired) electrons. The fraction of sp³-hybridized carbons (Fsp3) is 0. The van der Waals surface area contributed by atoms with Crippen LogP contribution in [0.3, 0.4) is 0 Å². The van der Waals surface area contributed by atoms with Gasteiger partial charge in [-0.05, 0) is 121 Å². The summed E-state index contributed by atoms with van der Waals surface area (Å²) in [5.41, 5.74) is 17.5. The van der Waals surface area contributed by atoms with E-state index in [0.29, 0.717) is 5.02 Å². The number of hydrogen-bond acceptors (Lipinski definition) is 2. The Labute approximate surface area is 327 Å². The molecule has 2 aromatic heterocycles. The maximum atomic E-state index is 7.06. The van der Waals surface area contributed by atoms with Crippen LogP contribution in [0.1, 0.15) is 0 Å². The number of benzene rings is 7. The molecule has 0 amide bonds. The predicted octanol–water partition coefficient (Wildman–Crippen LogP) is 14.5. The quantitative estimate of drug-likeness (QED) is 0.156. The summed E-state index contributed by atoms with van der Waals surface area (Å²) in [5.74, 6) is 0. The van der Waals surface area contributed by atoms with Crippen molar-refractivity contribution >= 4 is 11.6 Å². The summed E-state index contributed by atoms with van der Waals surface area (Å²) in [5, 5.41) is 0.680. The van der Waals surface area contributed by atoms with Crippen LogP contribution in [0, 0.1) is 0 Å². The summed E-state index contributed by atoms with van der Waals surface area (Å²) in [7, 11) is 0. The first kappa shape index (κ1) is 33.9. The van der Waals surface area contributed by atoms with E-state index in [1.807, 2.05) is 36.7 Å². The Morgan fingerprint density at radius 1 is 0.255 bits per heavy atom. The summed E-state index contributed by atoms with van der Waals surface area (Å²) in [6, 6.07) is 70.2. The predicted molar refractivity (Wildman–Crippen MR) is 231 cm³/mol. The van der Waals surface area contributed by atoms with Gasteiger partial charge in [-0.1, -0.05) is 157 Å². The Hall–Kier alpha value is -6.87. The molecule has 0 aliphatic rings. The second-order valence-corrected chi connectivity index (χ2v) is 13.9. The molecule has 9 aromatic rings. The Morgan fingerprint density at radius 2 is 0.636 bits per heavy atom. The van der Waals surface area contributed by atoms with Gasteiger partial charge in [0.1, 0.15) is 0 Å². The van der Waals surface area contributed by atoms with Crippen LogP contribution in [0.5, 0.6) is 0 Å². The highest BCUT2D eigenvalue weighted by Gasteiger charge is 2.18. The monoisotopic (exact) mass is 722 g/mol. The molecule has 260 valence electrons. The standard InChI is InChI=1S/C52H35ClN2/c53-42-32-40(43-19-7-9-21-45(43)47-27-25-38(51-23-11-13-29-54-51)34-49(47)36-15-3-1-4-16-36)31-41(33-42)44-20-8-10-22-46(44)48-28-26-39(52-24-12-14-30-55-52)35-50(48)37-17-5-2-6-18-37/h1-35H. The van der Waals surface area contributed by atoms with Crippen LogP contribution >= 0.6 is 11.6 Å². The maximum Gasteiger partial charge on any atom is 0.0702 e. The van der Waals surface area contributed by atoms with E-state index in [1.165, 1.54) is 0 Å². The van der Waals surface area contributed by atoms with Crippen molar-refractivity contribution in [1.29, 1.82) is 0 Å². The van der Waals surface area contributed by atoms with Crippen molar-refractivity contribution in [2.24, 2.45) is 0 Å². The molecule has 0 atom stereocenters. The molecule has 0 saturated heterocycles. The topological polar surface area (TPSA) is 25.8 Å². The van der Waals surface area contributed by atoms with Crippen molar-refractivity contribution in [2.45, 2.75) is 0 Å². The average Bonchev–Trinajstić information content (AvgIpc) is 3.27. The molecule has 7 aromatic carbocycles. The van der Waals surface area contributed by atoms with E-state index < -0.39 is 0 Å². The third-order valence-corrected chi connectivity index (χ3v) is 10.3. The second kappa shape index (κ2) is 15.2. The highest BCUT2D eigenvalue weighted by molar-refractivity contribution is 6.31. The fourth-order valence-corrected chi connectivity index (χ4v) is 7.73. The lowest BCUT2D eigenvalue weighted by molar-refractivity contribution is 1.33. The first-order valence-electron chi connectivity index (χ1n) is 18.4. The summed E-state index contributed by atoms with van der Waals surface area (Å²) in [6.07, 6.45) is 3.69. The van der Waals surface area contributed by atoms with Gasteiger partial charge in [0.05, 0.1) is 11.4 Å². The summed E-state index contributed by atoms with van der Waals surface area (Å²) in [6.45, 7) is 0. The molecule has 0 N–H and O–H groups in total. The Morgan fingerprint density at radius 3 is 1.05 bits per heavy atom. The van der Waals surface area contributed by atoms with Crippen LogP contribution in [0.15, 0.2) is 213 Å². The van der Waals surface area contributed by atoms with Crippen LogP contribution < -0.4 is 0 Å². The first-order valence-corrected chi connectivity index (χ1v) is 18.8. The van der Waals surface area contributed by atoms with Gasteiger partial charge < -0.3 is 0 Å². The van der Waals surface area contributed by atoms with E-state index in [2.05, 4.69) is 186 Å². The van der Waals surface area contributed by atoms with E-state index in [4.69, 9.17) is 11.6 Å². The van der Waals surface area contributed by atoms with Crippen LogP contribution in [0.4, 0.5) is 0 Å². The number of hydrogen-bond donors (Lipinski definition) is 0. The van der Waals surface area contributed by atoms with Gasteiger partial charge in [0, 0.05) is 28.5 Å². The van der Waals surface area contributed by atoms with E-state index >= 15 is 0 Å². The molecule has 0 unspecified atom stereocenters. The SMILES string of the molecule is Clc1cc(-c2ccccc2-c2ccc(-c3ccccn3)cc2-c2ccccc2)cc(-c2ccccc2-c2ccc(-c3ccccn3)cc2-c2ccccc2)c1. The molecule has 0 aliphatic heterocycles. The maximum absolute atomic E-state index is 7.06. The molecular weight excluding hydrogens is 688 g/mol. The molecule has 0 bridgehead atoms. The van der Waals surface area contributed by atoms with Crippen LogP contribution in [-0.4, -0.2) is 9.97 Å². The number of halogens is 1. The third-order valence-electron chi connectivity index (χ3n) is 10.1. The van der Waals surface area contributed by atoms with Gasteiger partial charge in [-0.2, -0.15) is 0 Å². The van der Waals surface area contributed by atoms with Gasteiger partial charge in [0.15, 0.2) is 0 Å². The summed E-state index contributed by atoms with van der Waals surface area (Å²) in [4.78, 5) is 9.30. The van der Waals surface area contributed by atoms with Gasteiger partial charge in [0.2, 0.25) is 0 Å². The molecule has 0 aliphatic carbocycles. The highest BCUT2D eigenvalue weighted by Crippen LogP contribution is 2.44. The minimum atomic E-state index is 0.680. The average molecular weight is 723 g/mol. The molecule has 0 spiro atoms. The van der Waals surface area contributed by atoms with E-state index in [0.717, 1.165) is 89.3 Å². The van der Waals surface area contributed by atoms with E-state index in [1.54, 1.807) is 0 Å². The van der Waals surface area contributed by atoms with Crippen molar-refractivity contribution in [3.63, 3.8) is 0 Å². The summed E-state index contributed by atoms with van der Waals surface area (Å²) >= 11 is 7.06. The number of nitrogens with zero attached hydrogens (tertiary/aromatic N) is 2. The molecule has 3 heteroatoms. The zero-order valence-electron chi connectivity index (χ0n) is 30.0. The lowest BCUT2D eigenvalue weighted by Gasteiger charge is -2.18. The normalized spacial score (nSPS) is 11.0. The van der Waals surface area contributed by atoms with Crippen molar-refractivity contribution < 1.29 is 0 Å². The number of rotatable bonds is 8. The van der Waals surface area contributed by atoms with Gasteiger partial charge in [-0.25, -0.2) is 0 Å². The highest BCUT2D eigenvalue weighted by atomic mass is 35.5. The van der Waals surface area contributed by atoms with Gasteiger partial charge >= 0.3 is 0 Å². The molecule has 0 saturated carbocycles. The lowest BCUT2D eigenvalue weighted by atomic mass is 9.86. The van der Waals surface area contributed by atoms with Crippen LogP contribution in [0.25, 0.3) is 89.3 Å². The van der Waals surface area contributed by atoms with Crippen molar-refractivity contribution in [3.8, 4) is 89.3 Å². The van der Waals surface area contributed by atoms with Crippen molar-refractivity contribution in [2.75, 3.05) is 0 Å². The van der Waals surface area contributed by atoms with Gasteiger partial charge in [0.25, 0.3) is 0 Å². The Balaban J connectivity index is 1.19. The largest absolute Gasteiger partial charge is 0.256 e. The molecule has 2 nitrogen and oxygen atoms in total. The van der Waals surface area contributed by atoms with Crippen LogP contribution in [-0.2, 0) is 0 Å². The Bertz CT molecular complexity index is 2560. The van der Waals surface area contributed by atoms with Gasteiger partial charge in [-0.3, -0.25) is 9.97 Å². The smallest absolute Gasteiger partial charge is 0.0702 e. The molecule has 55 heavy (non-hydrogen) atoms. The lowest BCUT2D eigenvalue weighted by Crippen LogP contribution is -1.93. The zero-order chi connectivity index (χ0) is 37.0. The van der Waals surface area contributed by atoms with Crippen molar-refractivity contribution in [3.05, 3.63) is 218 Å². The molecular formula is C52H35ClN2. The second-order valence-electron chi connectivity index (χ2n) is 13.5. The first-order chi connectivity index (χ1) is 27.2. The molecule has 0 fully saturated rings.